The molecule has 0 bridgehead atoms. The molecule has 1 fully saturated rings. The molecule has 25 heavy (non-hydrogen) atoms. The van der Waals surface area contributed by atoms with Gasteiger partial charge in [0.15, 0.2) is 0 Å². The van der Waals surface area contributed by atoms with Crippen LogP contribution in [0.15, 0.2) is 48.5 Å². The van der Waals surface area contributed by atoms with Gasteiger partial charge in [0.05, 0.1) is 17.9 Å². The van der Waals surface area contributed by atoms with Gasteiger partial charge in [-0.25, -0.2) is 8.42 Å². The van der Waals surface area contributed by atoms with E-state index in [1.165, 1.54) is 4.31 Å². The SMILES string of the molecule is Cc1cc(NC(=O)Cc2ccccc2)ccc1N1CCCCS1(=O)=O. The summed E-state index contributed by atoms with van der Waals surface area (Å²) in [6.07, 6.45) is 1.89. The Kier molecular flexibility index (Phi) is 5.08. The summed E-state index contributed by atoms with van der Waals surface area (Å²) in [5.74, 6) is 0.103. The Labute approximate surface area is 148 Å². The van der Waals surface area contributed by atoms with Crippen LogP contribution in [0.5, 0.6) is 0 Å². The van der Waals surface area contributed by atoms with Gasteiger partial charge in [-0.05, 0) is 49.1 Å². The van der Waals surface area contributed by atoms with Crippen molar-refractivity contribution in [2.75, 3.05) is 21.9 Å². The molecule has 1 heterocycles. The number of nitrogens with zero attached hydrogens (tertiary/aromatic N) is 1. The second-order valence-corrected chi connectivity index (χ2v) is 8.32. The molecule has 0 radical (unpaired) electrons. The van der Waals surface area contributed by atoms with Gasteiger partial charge in [0.25, 0.3) is 0 Å². The van der Waals surface area contributed by atoms with Crippen LogP contribution in [-0.4, -0.2) is 26.6 Å². The Morgan fingerprint density at radius 2 is 1.88 bits per heavy atom. The van der Waals surface area contributed by atoms with Gasteiger partial charge >= 0.3 is 0 Å². The molecule has 0 aromatic heterocycles. The molecule has 132 valence electrons. The second-order valence-electron chi connectivity index (χ2n) is 6.31. The van der Waals surface area contributed by atoms with E-state index in [0.717, 1.165) is 17.5 Å². The highest BCUT2D eigenvalue weighted by Gasteiger charge is 2.27. The summed E-state index contributed by atoms with van der Waals surface area (Å²) in [4.78, 5) is 12.2. The number of benzene rings is 2. The van der Waals surface area contributed by atoms with Crippen LogP contribution in [-0.2, 0) is 21.2 Å². The van der Waals surface area contributed by atoms with Crippen LogP contribution in [0, 0.1) is 6.92 Å². The lowest BCUT2D eigenvalue weighted by molar-refractivity contribution is -0.115. The molecule has 0 saturated carbocycles. The van der Waals surface area contributed by atoms with E-state index in [0.29, 0.717) is 30.8 Å². The Morgan fingerprint density at radius 1 is 1.12 bits per heavy atom. The monoisotopic (exact) mass is 358 g/mol. The van der Waals surface area contributed by atoms with Gasteiger partial charge in [-0.2, -0.15) is 0 Å². The van der Waals surface area contributed by atoms with E-state index in [9.17, 15) is 13.2 Å². The fourth-order valence-corrected chi connectivity index (χ4v) is 4.76. The van der Waals surface area contributed by atoms with Gasteiger partial charge in [-0.1, -0.05) is 30.3 Å². The maximum Gasteiger partial charge on any atom is 0.235 e. The molecule has 0 atom stereocenters. The lowest BCUT2D eigenvalue weighted by Crippen LogP contribution is -2.38. The van der Waals surface area contributed by atoms with Crippen molar-refractivity contribution < 1.29 is 13.2 Å². The summed E-state index contributed by atoms with van der Waals surface area (Å²) >= 11 is 0. The van der Waals surface area contributed by atoms with Crippen molar-refractivity contribution in [3.05, 3.63) is 59.7 Å². The molecule has 0 aliphatic carbocycles. The van der Waals surface area contributed by atoms with E-state index in [1.807, 2.05) is 43.3 Å². The quantitative estimate of drug-likeness (QED) is 0.913. The fourth-order valence-electron chi connectivity index (χ4n) is 3.06. The predicted molar refractivity (Wildman–Crippen MR) is 100 cm³/mol. The average Bonchev–Trinajstić information content (AvgIpc) is 2.56. The van der Waals surface area contributed by atoms with E-state index in [4.69, 9.17) is 0 Å². The van der Waals surface area contributed by atoms with Gasteiger partial charge in [0, 0.05) is 12.2 Å². The Hall–Kier alpha value is -2.34. The van der Waals surface area contributed by atoms with Gasteiger partial charge in [0.2, 0.25) is 15.9 Å². The van der Waals surface area contributed by atoms with Crippen LogP contribution in [0.2, 0.25) is 0 Å². The number of anilines is 2. The summed E-state index contributed by atoms with van der Waals surface area (Å²) in [6.45, 7) is 2.38. The number of amides is 1. The minimum Gasteiger partial charge on any atom is -0.326 e. The smallest absolute Gasteiger partial charge is 0.235 e. The number of rotatable bonds is 4. The third-order valence-electron chi connectivity index (χ3n) is 4.31. The summed E-state index contributed by atoms with van der Waals surface area (Å²) in [6, 6.07) is 14.9. The summed E-state index contributed by atoms with van der Waals surface area (Å²) in [5, 5.41) is 2.88. The van der Waals surface area contributed by atoms with Crippen LogP contribution in [0.4, 0.5) is 11.4 Å². The zero-order chi connectivity index (χ0) is 17.9. The molecule has 0 spiro atoms. The maximum absolute atomic E-state index is 12.3. The molecule has 1 N–H and O–H groups in total. The molecule has 2 aromatic carbocycles. The van der Waals surface area contributed by atoms with Crippen LogP contribution in [0.1, 0.15) is 24.0 Å². The lowest BCUT2D eigenvalue weighted by atomic mass is 10.1. The van der Waals surface area contributed by atoms with Crippen molar-refractivity contribution in [3.63, 3.8) is 0 Å². The normalized spacial score (nSPS) is 16.4. The highest BCUT2D eigenvalue weighted by molar-refractivity contribution is 7.92. The summed E-state index contributed by atoms with van der Waals surface area (Å²) < 4.78 is 26.0. The van der Waals surface area contributed by atoms with Crippen molar-refractivity contribution in [2.24, 2.45) is 0 Å². The van der Waals surface area contributed by atoms with Crippen molar-refractivity contribution in [2.45, 2.75) is 26.2 Å². The first-order valence-corrected chi connectivity index (χ1v) is 10.0. The number of aryl methyl sites for hydroxylation is 1. The van der Waals surface area contributed by atoms with Crippen LogP contribution in [0.3, 0.4) is 0 Å². The third kappa shape index (κ3) is 4.20. The molecule has 1 aliphatic heterocycles. The van der Waals surface area contributed by atoms with Gasteiger partial charge < -0.3 is 5.32 Å². The largest absolute Gasteiger partial charge is 0.326 e. The average molecular weight is 358 g/mol. The van der Waals surface area contributed by atoms with Gasteiger partial charge in [0.1, 0.15) is 0 Å². The number of carbonyl (C=O) groups excluding carboxylic acids is 1. The van der Waals surface area contributed by atoms with Gasteiger partial charge in [-0.3, -0.25) is 9.10 Å². The van der Waals surface area contributed by atoms with E-state index < -0.39 is 10.0 Å². The number of carbonyl (C=O) groups is 1. The Bertz CT molecular complexity index is 863. The topological polar surface area (TPSA) is 66.5 Å². The molecule has 1 amide bonds. The van der Waals surface area contributed by atoms with E-state index in [2.05, 4.69) is 5.32 Å². The predicted octanol–water partition coefficient (Wildman–Crippen LogP) is 3.11. The van der Waals surface area contributed by atoms with Crippen LogP contribution < -0.4 is 9.62 Å². The first-order chi connectivity index (χ1) is 12.0. The minimum atomic E-state index is -3.23. The van der Waals surface area contributed by atoms with Crippen molar-refractivity contribution in [1.82, 2.24) is 0 Å². The van der Waals surface area contributed by atoms with Crippen molar-refractivity contribution >= 4 is 27.3 Å². The molecule has 1 saturated heterocycles. The number of nitrogens with one attached hydrogen (secondary N) is 1. The van der Waals surface area contributed by atoms with Crippen LogP contribution in [0.25, 0.3) is 0 Å². The van der Waals surface area contributed by atoms with E-state index >= 15 is 0 Å². The first kappa shape index (κ1) is 17.5. The Morgan fingerprint density at radius 3 is 2.56 bits per heavy atom. The molecule has 6 heteroatoms. The zero-order valence-electron chi connectivity index (χ0n) is 14.2. The fraction of sp³-hybridized carbons (Fsp3) is 0.316. The highest BCUT2D eigenvalue weighted by Crippen LogP contribution is 2.28. The first-order valence-electron chi connectivity index (χ1n) is 8.40. The molecular weight excluding hydrogens is 336 g/mol. The van der Waals surface area contributed by atoms with E-state index in [-0.39, 0.29) is 11.7 Å². The zero-order valence-corrected chi connectivity index (χ0v) is 15.1. The standard InChI is InChI=1S/C19H22N2O3S/c1-15-13-17(20-19(22)14-16-7-3-2-4-8-16)9-10-18(15)21-11-5-6-12-25(21,23)24/h2-4,7-10,13H,5-6,11-12,14H2,1H3,(H,20,22). The molecule has 3 rings (SSSR count). The molecule has 1 aliphatic rings. The number of sulfonamides is 1. The summed E-state index contributed by atoms with van der Waals surface area (Å²) in [7, 11) is -3.23. The number of hydrogen-bond acceptors (Lipinski definition) is 3. The second kappa shape index (κ2) is 7.27. The lowest BCUT2D eigenvalue weighted by Gasteiger charge is -2.29. The minimum absolute atomic E-state index is 0.0936. The molecule has 0 unspecified atom stereocenters. The van der Waals surface area contributed by atoms with Crippen molar-refractivity contribution in [1.29, 1.82) is 0 Å². The van der Waals surface area contributed by atoms with Crippen molar-refractivity contribution in [3.8, 4) is 0 Å². The molecular formula is C19H22N2O3S. The summed E-state index contributed by atoms with van der Waals surface area (Å²) in [5.41, 5.74) is 3.16. The maximum atomic E-state index is 12.3. The Balaban J connectivity index is 1.72. The number of hydrogen-bond donors (Lipinski definition) is 1. The molecule has 2 aromatic rings. The van der Waals surface area contributed by atoms with Gasteiger partial charge in [-0.15, -0.1) is 0 Å². The third-order valence-corrected chi connectivity index (χ3v) is 6.16. The highest BCUT2D eigenvalue weighted by atomic mass is 32.2. The van der Waals surface area contributed by atoms with E-state index in [1.54, 1.807) is 12.1 Å². The van der Waals surface area contributed by atoms with Crippen LogP contribution >= 0.6 is 0 Å². The molecule has 5 nitrogen and oxygen atoms in total.